The number of amides is 2. The second kappa shape index (κ2) is 9.25. The number of aryl methyl sites for hydroxylation is 2. The van der Waals surface area contributed by atoms with Gasteiger partial charge >= 0.3 is 0 Å². The van der Waals surface area contributed by atoms with Crippen LogP contribution in [0.5, 0.6) is 0 Å². The summed E-state index contributed by atoms with van der Waals surface area (Å²) in [5.41, 5.74) is 4.03. The van der Waals surface area contributed by atoms with Gasteiger partial charge in [0.2, 0.25) is 11.8 Å². The van der Waals surface area contributed by atoms with Gasteiger partial charge in [-0.05, 0) is 38.7 Å². The highest BCUT2D eigenvalue weighted by atomic mass is 16.2. The molecule has 2 amide bonds. The van der Waals surface area contributed by atoms with Crippen molar-refractivity contribution < 1.29 is 9.59 Å². The predicted molar refractivity (Wildman–Crippen MR) is 114 cm³/mol. The van der Waals surface area contributed by atoms with Gasteiger partial charge in [-0.3, -0.25) is 14.3 Å². The van der Waals surface area contributed by atoms with Crippen LogP contribution < -0.4 is 5.32 Å². The Labute approximate surface area is 173 Å². The Kier molecular flexibility index (Phi) is 6.72. The van der Waals surface area contributed by atoms with Gasteiger partial charge in [-0.15, -0.1) is 0 Å². The average Bonchev–Trinajstić information content (AvgIpc) is 2.96. The van der Waals surface area contributed by atoms with Crippen LogP contribution in [0.1, 0.15) is 54.6 Å². The molecule has 0 radical (unpaired) electrons. The Hall–Kier alpha value is -2.63. The van der Waals surface area contributed by atoms with Crippen LogP contribution in [0, 0.1) is 13.8 Å². The van der Waals surface area contributed by atoms with Gasteiger partial charge in [0, 0.05) is 37.4 Å². The van der Waals surface area contributed by atoms with E-state index < -0.39 is 0 Å². The van der Waals surface area contributed by atoms with E-state index in [-0.39, 0.29) is 23.8 Å². The Morgan fingerprint density at radius 3 is 2.38 bits per heavy atom. The molecule has 1 aromatic heterocycles. The maximum Gasteiger partial charge on any atom is 0.230 e. The van der Waals surface area contributed by atoms with Crippen molar-refractivity contribution in [3.05, 3.63) is 52.8 Å². The van der Waals surface area contributed by atoms with Gasteiger partial charge in [0.25, 0.3) is 0 Å². The molecule has 2 aromatic rings. The number of benzene rings is 1. The number of hydrogen-bond donors (Lipinski definition) is 1. The summed E-state index contributed by atoms with van der Waals surface area (Å²) in [4.78, 5) is 27.5. The number of aromatic nitrogens is 2. The average molecular weight is 397 g/mol. The van der Waals surface area contributed by atoms with E-state index in [0.29, 0.717) is 19.5 Å². The fourth-order valence-corrected chi connectivity index (χ4v) is 4.22. The molecule has 3 rings (SSSR count). The first-order chi connectivity index (χ1) is 13.9. The minimum Gasteiger partial charge on any atom is -0.353 e. The molecule has 1 aliphatic heterocycles. The second-order valence-corrected chi connectivity index (χ2v) is 7.99. The third kappa shape index (κ3) is 4.86. The summed E-state index contributed by atoms with van der Waals surface area (Å²) in [5.74, 6) is 0.147. The second-order valence-electron chi connectivity index (χ2n) is 7.99. The highest BCUT2D eigenvalue weighted by Gasteiger charge is 2.29. The standard InChI is InChI=1S/C23H32N4O2/c1-5-20(18-9-7-6-8-10-18)23(29)27-13-11-19(12-14-27)24-22(28)15-21-16(2)25-26(4)17(21)3/h6-10,19-20H,5,11-15H2,1-4H3,(H,24,28). The summed E-state index contributed by atoms with van der Waals surface area (Å²) >= 11 is 0. The van der Waals surface area contributed by atoms with E-state index in [1.807, 2.05) is 60.8 Å². The summed E-state index contributed by atoms with van der Waals surface area (Å²) in [5, 5.41) is 7.53. The van der Waals surface area contributed by atoms with Crippen LogP contribution in [-0.2, 0) is 23.1 Å². The number of rotatable bonds is 6. The van der Waals surface area contributed by atoms with E-state index >= 15 is 0 Å². The van der Waals surface area contributed by atoms with Crippen LogP contribution in [0.15, 0.2) is 30.3 Å². The number of likely N-dealkylation sites (tertiary alicyclic amines) is 1. The maximum absolute atomic E-state index is 13.0. The van der Waals surface area contributed by atoms with E-state index in [1.54, 1.807) is 0 Å². The lowest BCUT2D eigenvalue weighted by atomic mass is 9.93. The van der Waals surface area contributed by atoms with Gasteiger partial charge in [-0.2, -0.15) is 5.10 Å². The molecular formula is C23H32N4O2. The van der Waals surface area contributed by atoms with Crippen molar-refractivity contribution in [2.45, 2.75) is 58.4 Å². The van der Waals surface area contributed by atoms with Crippen molar-refractivity contribution in [2.75, 3.05) is 13.1 Å². The van der Waals surface area contributed by atoms with Crippen LogP contribution in [-0.4, -0.2) is 45.6 Å². The molecule has 1 aliphatic rings. The summed E-state index contributed by atoms with van der Waals surface area (Å²) in [7, 11) is 1.90. The molecule has 6 heteroatoms. The molecule has 2 heterocycles. The number of carbonyl (C=O) groups excluding carboxylic acids is 2. The molecule has 0 bridgehead atoms. The molecule has 0 saturated carbocycles. The number of hydrogen-bond acceptors (Lipinski definition) is 3. The molecular weight excluding hydrogens is 364 g/mol. The zero-order chi connectivity index (χ0) is 21.0. The molecule has 29 heavy (non-hydrogen) atoms. The van der Waals surface area contributed by atoms with Crippen molar-refractivity contribution in [1.29, 1.82) is 0 Å². The van der Waals surface area contributed by atoms with Crippen molar-refractivity contribution in [3.63, 3.8) is 0 Å². The van der Waals surface area contributed by atoms with Gasteiger partial charge in [0.1, 0.15) is 0 Å². The molecule has 1 unspecified atom stereocenters. The summed E-state index contributed by atoms with van der Waals surface area (Å²) in [6, 6.07) is 10.1. The van der Waals surface area contributed by atoms with Gasteiger partial charge in [-0.1, -0.05) is 37.3 Å². The van der Waals surface area contributed by atoms with Crippen LogP contribution >= 0.6 is 0 Å². The minimum absolute atomic E-state index is 0.0321. The molecule has 1 fully saturated rings. The number of carbonyl (C=O) groups is 2. The lowest BCUT2D eigenvalue weighted by molar-refractivity contribution is -0.134. The van der Waals surface area contributed by atoms with Crippen molar-refractivity contribution in [1.82, 2.24) is 20.0 Å². The van der Waals surface area contributed by atoms with E-state index in [9.17, 15) is 9.59 Å². The molecule has 1 N–H and O–H groups in total. The summed E-state index contributed by atoms with van der Waals surface area (Å²) in [6.07, 6.45) is 2.75. The summed E-state index contributed by atoms with van der Waals surface area (Å²) in [6.45, 7) is 7.38. The minimum atomic E-state index is -0.0844. The largest absolute Gasteiger partial charge is 0.353 e. The fraction of sp³-hybridized carbons (Fsp3) is 0.522. The third-order valence-corrected chi connectivity index (χ3v) is 6.08. The van der Waals surface area contributed by atoms with E-state index in [0.717, 1.165) is 41.8 Å². The number of nitrogens with zero attached hydrogens (tertiary/aromatic N) is 3. The molecule has 6 nitrogen and oxygen atoms in total. The molecule has 1 saturated heterocycles. The molecule has 0 aliphatic carbocycles. The van der Waals surface area contributed by atoms with Gasteiger partial charge < -0.3 is 10.2 Å². The highest BCUT2D eigenvalue weighted by Crippen LogP contribution is 2.24. The van der Waals surface area contributed by atoms with Gasteiger partial charge in [0.15, 0.2) is 0 Å². The Balaban J connectivity index is 1.52. The quantitative estimate of drug-likeness (QED) is 0.816. The zero-order valence-electron chi connectivity index (χ0n) is 17.9. The molecule has 1 atom stereocenters. The zero-order valence-corrected chi connectivity index (χ0v) is 17.9. The van der Waals surface area contributed by atoms with Crippen LogP contribution in [0.4, 0.5) is 0 Å². The lowest BCUT2D eigenvalue weighted by Gasteiger charge is -2.34. The van der Waals surface area contributed by atoms with Crippen molar-refractivity contribution in [2.24, 2.45) is 7.05 Å². The third-order valence-electron chi connectivity index (χ3n) is 6.08. The number of piperidine rings is 1. The van der Waals surface area contributed by atoms with Crippen LogP contribution in [0.3, 0.4) is 0 Å². The normalized spacial score (nSPS) is 15.9. The highest BCUT2D eigenvalue weighted by molar-refractivity contribution is 5.84. The molecule has 0 spiro atoms. The maximum atomic E-state index is 13.0. The van der Waals surface area contributed by atoms with Crippen molar-refractivity contribution in [3.8, 4) is 0 Å². The van der Waals surface area contributed by atoms with Crippen LogP contribution in [0.25, 0.3) is 0 Å². The Bertz CT molecular complexity index is 851. The van der Waals surface area contributed by atoms with Gasteiger partial charge in [0.05, 0.1) is 18.0 Å². The topological polar surface area (TPSA) is 67.2 Å². The van der Waals surface area contributed by atoms with Crippen molar-refractivity contribution >= 4 is 11.8 Å². The Morgan fingerprint density at radius 2 is 1.83 bits per heavy atom. The number of nitrogens with one attached hydrogen (secondary N) is 1. The van der Waals surface area contributed by atoms with E-state index in [4.69, 9.17) is 0 Å². The first kappa shape index (κ1) is 21.1. The Morgan fingerprint density at radius 1 is 1.17 bits per heavy atom. The van der Waals surface area contributed by atoms with E-state index in [2.05, 4.69) is 17.3 Å². The first-order valence-corrected chi connectivity index (χ1v) is 10.5. The monoisotopic (exact) mass is 396 g/mol. The first-order valence-electron chi connectivity index (χ1n) is 10.5. The van der Waals surface area contributed by atoms with Crippen LogP contribution in [0.2, 0.25) is 0 Å². The lowest BCUT2D eigenvalue weighted by Crippen LogP contribution is -2.48. The molecule has 1 aromatic carbocycles. The fourth-order valence-electron chi connectivity index (χ4n) is 4.22. The predicted octanol–water partition coefficient (Wildman–Crippen LogP) is 2.88. The van der Waals surface area contributed by atoms with E-state index in [1.165, 1.54) is 0 Å². The summed E-state index contributed by atoms with van der Waals surface area (Å²) < 4.78 is 1.82. The smallest absolute Gasteiger partial charge is 0.230 e. The SMILES string of the molecule is CCC(C(=O)N1CCC(NC(=O)Cc2c(C)nn(C)c2C)CC1)c1ccccc1. The molecule has 156 valence electrons. The van der Waals surface area contributed by atoms with Gasteiger partial charge in [-0.25, -0.2) is 0 Å².